The van der Waals surface area contributed by atoms with Crippen LogP contribution >= 0.6 is 12.4 Å². The van der Waals surface area contributed by atoms with E-state index in [2.05, 4.69) is 5.32 Å². The molecule has 1 saturated heterocycles. The topological polar surface area (TPSA) is 58.6 Å². The molecule has 5 nitrogen and oxygen atoms in total. The third kappa shape index (κ3) is 5.09. The zero-order chi connectivity index (χ0) is 18.5. The van der Waals surface area contributed by atoms with Crippen LogP contribution in [-0.4, -0.2) is 48.0 Å². The zero-order valence-electron chi connectivity index (χ0n) is 15.5. The lowest BCUT2D eigenvalue weighted by Gasteiger charge is -2.37. The first kappa shape index (κ1) is 21.4. The summed E-state index contributed by atoms with van der Waals surface area (Å²) in [5.74, 6) is 1.23. The number of carbonyl (C=O) groups is 1. The predicted molar refractivity (Wildman–Crippen MR) is 111 cm³/mol. The van der Waals surface area contributed by atoms with Gasteiger partial charge in [0.2, 0.25) is 0 Å². The van der Waals surface area contributed by atoms with Gasteiger partial charge in [0.1, 0.15) is 5.75 Å². The lowest BCUT2D eigenvalue weighted by molar-refractivity contribution is 0.0631. The molecule has 1 amide bonds. The Hall–Kier alpha value is -1.89. The maximum Gasteiger partial charge on any atom is 0.254 e. The SMILES string of the molecule is COc1ccccc1C1CNCCN1C(=O)c1cccc(CS(C)=O)c1.Cl. The Morgan fingerprint density at radius 1 is 1.26 bits per heavy atom. The van der Waals surface area contributed by atoms with E-state index < -0.39 is 10.8 Å². The number of para-hydroxylation sites is 1. The average molecular weight is 409 g/mol. The van der Waals surface area contributed by atoms with E-state index in [4.69, 9.17) is 4.74 Å². The van der Waals surface area contributed by atoms with E-state index in [1.807, 2.05) is 53.4 Å². The summed E-state index contributed by atoms with van der Waals surface area (Å²) in [6, 6.07) is 15.2. The van der Waals surface area contributed by atoms with Crippen LogP contribution in [0.1, 0.15) is 27.5 Å². The van der Waals surface area contributed by atoms with Crippen LogP contribution in [-0.2, 0) is 16.6 Å². The summed E-state index contributed by atoms with van der Waals surface area (Å²) in [5, 5.41) is 3.37. The molecule has 1 fully saturated rings. The first-order valence-corrected chi connectivity index (χ1v) is 10.4. The van der Waals surface area contributed by atoms with Crippen molar-refractivity contribution in [2.24, 2.45) is 0 Å². The summed E-state index contributed by atoms with van der Waals surface area (Å²) in [5.41, 5.74) is 2.55. The van der Waals surface area contributed by atoms with Crippen molar-refractivity contribution >= 4 is 29.1 Å². The van der Waals surface area contributed by atoms with Crippen molar-refractivity contribution in [1.82, 2.24) is 10.2 Å². The van der Waals surface area contributed by atoms with Crippen molar-refractivity contribution in [2.45, 2.75) is 11.8 Å². The van der Waals surface area contributed by atoms with Crippen molar-refractivity contribution in [3.05, 3.63) is 65.2 Å². The highest BCUT2D eigenvalue weighted by Gasteiger charge is 2.30. The second-order valence-electron chi connectivity index (χ2n) is 6.38. The third-order valence-corrected chi connectivity index (χ3v) is 5.29. The maximum atomic E-state index is 13.2. The van der Waals surface area contributed by atoms with Gasteiger partial charge in [-0.25, -0.2) is 0 Å². The second kappa shape index (κ2) is 9.88. The highest BCUT2D eigenvalue weighted by Crippen LogP contribution is 2.31. The number of carbonyl (C=O) groups excluding carboxylic acids is 1. The summed E-state index contributed by atoms with van der Waals surface area (Å²) in [7, 11) is 0.713. The van der Waals surface area contributed by atoms with Gasteiger partial charge in [0.15, 0.2) is 0 Å². The van der Waals surface area contributed by atoms with Gasteiger partial charge in [-0.15, -0.1) is 12.4 Å². The Kier molecular flexibility index (Phi) is 7.83. The molecule has 7 heteroatoms. The van der Waals surface area contributed by atoms with E-state index in [1.165, 1.54) is 0 Å². The highest BCUT2D eigenvalue weighted by atomic mass is 35.5. The van der Waals surface area contributed by atoms with Crippen molar-refractivity contribution in [2.75, 3.05) is 33.0 Å². The number of hydrogen-bond donors (Lipinski definition) is 1. The molecular weight excluding hydrogens is 384 g/mol. The Balaban J connectivity index is 0.00000261. The quantitative estimate of drug-likeness (QED) is 0.826. The Labute approximate surface area is 169 Å². The minimum absolute atomic E-state index is 0. The van der Waals surface area contributed by atoms with Crippen LogP contribution in [0.5, 0.6) is 5.75 Å². The van der Waals surface area contributed by atoms with Crippen LogP contribution in [0.25, 0.3) is 0 Å². The van der Waals surface area contributed by atoms with Gasteiger partial charge >= 0.3 is 0 Å². The van der Waals surface area contributed by atoms with Gasteiger partial charge in [0.05, 0.1) is 13.2 Å². The lowest BCUT2D eigenvalue weighted by atomic mass is 10.0. The fourth-order valence-corrected chi connectivity index (χ4v) is 4.01. The lowest BCUT2D eigenvalue weighted by Crippen LogP contribution is -2.48. The average Bonchev–Trinajstić information content (AvgIpc) is 2.67. The molecule has 0 bridgehead atoms. The molecule has 1 aliphatic heterocycles. The second-order valence-corrected chi connectivity index (χ2v) is 7.81. The number of ether oxygens (including phenoxy) is 1. The van der Waals surface area contributed by atoms with Gasteiger partial charge in [0, 0.05) is 53.6 Å². The standard InChI is InChI=1S/C20H24N2O3S.ClH/c1-25-19-9-4-3-8-17(19)18-13-21-10-11-22(18)20(23)16-7-5-6-15(12-16)14-26(2)24;/h3-9,12,18,21H,10-11,13-14H2,1-2H3;1H. The summed E-state index contributed by atoms with van der Waals surface area (Å²) in [6.45, 7) is 2.08. The first-order chi connectivity index (χ1) is 12.6. The molecule has 0 radical (unpaired) electrons. The molecule has 27 heavy (non-hydrogen) atoms. The molecule has 1 aliphatic rings. The fourth-order valence-electron chi connectivity index (χ4n) is 3.36. The molecule has 1 heterocycles. The number of nitrogens with zero attached hydrogens (tertiary/aromatic N) is 1. The van der Waals surface area contributed by atoms with E-state index in [0.29, 0.717) is 24.4 Å². The Morgan fingerprint density at radius 3 is 2.78 bits per heavy atom. The van der Waals surface area contributed by atoms with Crippen LogP contribution in [0.15, 0.2) is 48.5 Å². The molecular formula is C20H25ClN2O3S. The molecule has 2 aromatic carbocycles. The summed E-state index contributed by atoms with van der Waals surface area (Å²) < 4.78 is 17.0. The van der Waals surface area contributed by atoms with Gasteiger partial charge in [-0.05, 0) is 23.8 Å². The summed E-state index contributed by atoms with van der Waals surface area (Å²) >= 11 is 0. The minimum atomic E-state index is -0.935. The predicted octanol–water partition coefficient (Wildman–Crippen LogP) is 2.78. The molecule has 0 saturated carbocycles. The number of amides is 1. The number of hydrogen-bond acceptors (Lipinski definition) is 4. The maximum absolute atomic E-state index is 13.2. The van der Waals surface area contributed by atoms with Crippen LogP contribution in [0.4, 0.5) is 0 Å². The minimum Gasteiger partial charge on any atom is -0.496 e. The van der Waals surface area contributed by atoms with Gasteiger partial charge in [-0.2, -0.15) is 0 Å². The highest BCUT2D eigenvalue weighted by molar-refractivity contribution is 7.83. The third-order valence-electron chi connectivity index (χ3n) is 4.55. The molecule has 2 aromatic rings. The zero-order valence-corrected chi connectivity index (χ0v) is 17.1. The van der Waals surface area contributed by atoms with Crippen molar-refractivity contribution in [1.29, 1.82) is 0 Å². The molecule has 0 aromatic heterocycles. The van der Waals surface area contributed by atoms with Crippen LogP contribution < -0.4 is 10.1 Å². The van der Waals surface area contributed by atoms with Crippen LogP contribution in [0, 0.1) is 0 Å². The van der Waals surface area contributed by atoms with E-state index in [-0.39, 0.29) is 24.4 Å². The van der Waals surface area contributed by atoms with Gasteiger partial charge in [0.25, 0.3) is 5.91 Å². The Morgan fingerprint density at radius 2 is 2.04 bits per heavy atom. The Bertz CT molecular complexity index is 815. The smallest absolute Gasteiger partial charge is 0.254 e. The normalized spacial score (nSPS) is 17.7. The van der Waals surface area contributed by atoms with E-state index in [9.17, 15) is 9.00 Å². The van der Waals surface area contributed by atoms with Gasteiger partial charge in [-0.1, -0.05) is 30.3 Å². The largest absolute Gasteiger partial charge is 0.496 e. The molecule has 1 N–H and O–H groups in total. The molecule has 3 rings (SSSR count). The number of nitrogens with one attached hydrogen (secondary N) is 1. The van der Waals surface area contributed by atoms with Crippen LogP contribution in [0.3, 0.4) is 0 Å². The number of rotatable bonds is 5. The van der Waals surface area contributed by atoms with Gasteiger partial charge in [-0.3, -0.25) is 9.00 Å². The molecule has 0 aliphatic carbocycles. The van der Waals surface area contributed by atoms with Crippen molar-refractivity contribution in [3.8, 4) is 5.75 Å². The van der Waals surface area contributed by atoms with E-state index >= 15 is 0 Å². The molecule has 2 unspecified atom stereocenters. The number of benzene rings is 2. The summed E-state index contributed by atoms with van der Waals surface area (Å²) in [6.07, 6.45) is 1.67. The number of piperazine rings is 1. The molecule has 2 atom stereocenters. The van der Waals surface area contributed by atoms with E-state index in [1.54, 1.807) is 13.4 Å². The summed E-state index contributed by atoms with van der Waals surface area (Å²) in [4.78, 5) is 15.1. The van der Waals surface area contributed by atoms with Crippen LogP contribution in [0.2, 0.25) is 0 Å². The molecule has 146 valence electrons. The number of methoxy groups -OCH3 is 1. The molecule has 0 spiro atoms. The van der Waals surface area contributed by atoms with Crippen molar-refractivity contribution in [3.63, 3.8) is 0 Å². The first-order valence-electron chi connectivity index (χ1n) is 8.63. The fraction of sp³-hybridized carbons (Fsp3) is 0.350. The van der Waals surface area contributed by atoms with E-state index in [0.717, 1.165) is 23.4 Å². The monoisotopic (exact) mass is 408 g/mol. The van der Waals surface area contributed by atoms with Crippen molar-refractivity contribution < 1.29 is 13.7 Å². The number of halogens is 1. The van der Waals surface area contributed by atoms with Gasteiger partial charge < -0.3 is 15.0 Å².